The van der Waals surface area contributed by atoms with Gasteiger partial charge in [-0.1, -0.05) is 23.7 Å². The molecule has 0 radical (unpaired) electrons. The lowest BCUT2D eigenvalue weighted by Crippen LogP contribution is -2.29. The van der Waals surface area contributed by atoms with Gasteiger partial charge < -0.3 is 10.2 Å². The molecule has 144 valence electrons. The summed E-state index contributed by atoms with van der Waals surface area (Å²) in [4.78, 5) is 15.9. The van der Waals surface area contributed by atoms with Crippen LogP contribution in [0, 0.1) is 0 Å². The molecular weight excluding hydrogens is 376 g/mol. The van der Waals surface area contributed by atoms with Gasteiger partial charge in [-0.05, 0) is 60.9 Å². The average molecular weight is 397 g/mol. The summed E-state index contributed by atoms with van der Waals surface area (Å²) in [5.41, 5.74) is 2.70. The summed E-state index contributed by atoms with van der Waals surface area (Å²) in [6.45, 7) is 2.18. The van der Waals surface area contributed by atoms with E-state index < -0.39 is 0 Å². The number of benzene rings is 2. The summed E-state index contributed by atoms with van der Waals surface area (Å²) in [7, 11) is 0. The number of carbonyl (C=O) groups is 1. The third kappa shape index (κ3) is 4.48. The lowest BCUT2D eigenvalue weighted by Gasteiger charge is -2.28. The molecule has 8 heteroatoms. The molecule has 4 rings (SSSR count). The Labute approximate surface area is 168 Å². The van der Waals surface area contributed by atoms with Crippen molar-refractivity contribution < 1.29 is 4.79 Å². The highest BCUT2D eigenvalue weighted by Gasteiger charge is 2.12. The van der Waals surface area contributed by atoms with E-state index >= 15 is 0 Å². The van der Waals surface area contributed by atoms with Gasteiger partial charge in [-0.25, -0.2) is 0 Å². The molecular formula is C20H21ClN6O. The minimum absolute atomic E-state index is 0.0125. The van der Waals surface area contributed by atoms with Crippen molar-refractivity contribution in [1.82, 2.24) is 20.2 Å². The van der Waals surface area contributed by atoms with Crippen LogP contribution in [-0.4, -0.2) is 39.2 Å². The Bertz CT molecular complexity index is 949. The topological polar surface area (TPSA) is 75.9 Å². The van der Waals surface area contributed by atoms with Crippen LogP contribution in [-0.2, 0) is 11.3 Å². The molecule has 1 aliphatic rings. The fraction of sp³-hybridized carbons (Fsp3) is 0.300. The maximum atomic E-state index is 12.3. The summed E-state index contributed by atoms with van der Waals surface area (Å²) in [6.07, 6.45) is 3.78. The van der Waals surface area contributed by atoms with Crippen molar-refractivity contribution in [2.24, 2.45) is 0 Å². The predicted octanol–water partition coefficient (Wildman–Crippen LogP) is 3.62. The largest absolute Gasteiger partial charge is 0.372 e. The van der Waals surface area contributed by atoms with Gasteiger partial charge in [0.25, 0.3) is 0 Å². The Morgan fingerprint density at radius 3 is 2.61 bits per heavy atom. The molecule has 0 saturated carbocycles. The number of nitrogens with zero attached hydrogens (tertiary/aromatic N) is 5. The molecule has 1 N–H and O–H groups in total. The molecule has 0 unspecified atom stereocenters. The van der Waals surface area contributed by atoms with Gasteiger partial charge in [0.2, 0.25) is 11.7 Å². The van der Waals surface area contributed by atoms with Crippen molar-refractivity contribution in [3.05, 3.63) is 53.6 Å². The van der Waals surface area contributed by atoms with Gasteiger partial charge in [-0.3, -0.25) is 4.79 Å². The Hall–Kier alpha value is -2.93. The number of piperidine rings is 1. The smallest absolute Gasteiger partial charge is 0.248 e. The highest BCUT2D eigenvalue weighted by Crippen LogP contribution is 2.22. The summed E-state index contributed by atoms with van der Waals surface area (Å²) < 4.78 is 0. The number of nitrogens with one attached hydrogen (secondary N) is 1. The van der Waals surface area contributed by atoms with E-state index in [9.17, 15) is 4.79 Å². The molecule has 0 spiro atoms. The van der Waals surface area contributed by atoms with Crippen molar-refractivity contribution in [2.45, 2.75) is 25.8 Å². The van der Waals surface area contributed by atoms with Crippen molar-refractivity contribution >= 4 is 28.9 Å². The number of hydrogen-bond acceptors (Lipinski definition) is 5. The average Bonchev–Trinajstić information content (AvgIpc) is 3.17. The Kier molecular flexibility index (Phi) is 5.53. The van der Waals surface area contributed by atoms with E-state index in [-0.39, 0.29) is 12.5 Å². The summed E-state index contributed by atoms with van der Waals surface area (Å²) in [5.74, 6) is 0.224. The maximum absolute atomic E-state index is 12.3. The molecule has 0 atom stereocenters. The van der Waals surface area contributed by atoms with Crippen LogP contribution in [0.4, 0.5) is 11.4 Å². The molecule has 1 aliphatic heterocycles. The van der Waals surface area contributed by atoms with Crippen LogP contribution < -0.4 is 10.2 Å². The molecule has 3 aromatic rings. The fourth-order valence-electron chi connectivity index (χ4n) is 3.29. The van der Waals surface area contributed by atoms with Gasteiger partial charge >= 0.3 is 0 Å². The minimum Gasteiger partial charge on any atom is -0.372 e. The molecule has 0 bridgehead atoms. The SMILES string of the molecule is O=C(Cn1nnc(-c2cccc(Cl)c2)n1)Nc1ccc(N2CCCCC2)cc1. The number of anilines is 2. The number of rotatable bonds is 5. The second-order valence-electron chi connectivity index (χ2n) is 6.80. The predicted molar refractivity (Wildman–Crippen MR) is 109 cm³/mol. The molecule has 2 heterocycles. The Balaban J connectivity index is 1.35. The lowest BCUT2D eigenvalue weighted by atomic mass is 10.1. The van der Waals surface area contributed by atoms with Gasteiger partial charge in [0.15, 0.2) is 0 Å². The number of halogens is 1. The standard InChI is InChI=1S/C20H21ClN6O/c21-16-6-4-5-15(13-16)20-23-25-27(24-20)14-19(28)22-17-7-9-18(10-8-17)26-11-2-1-3-12-26/h4-10,13H,1-3,11-12,14H2,(H,22,28). The van der Waals surface area contributed by atoms with Crippen LogP contribution in [0.3, 0.4) is 0 Å². The molecule has 1 amide bonds. The molecule has 1 aromatic heterocycles. The fourth-order valence-corrected chi connectivity index (χ4v) is 3.48. The zero-order valence-corrected chi connectivity index (χ0v) is 16.1. The zero-order valence-electron chi connectivity index (χ0n) is 15.4. The van der Waals surface area contributed by atoms with E-state index in [1.165, 1.54) is 29.7 Å². The van der Waals surface area contributed by atoms with Crippen molar-refractivity contribution in [3.8, 4) is 11.4 Å². The van der Waals surface area contributed by atoms with Crippen LogP contribution in [0.1, 0.15) is 19.3 Å². The summed E-state index contributed by atoms with van der Waals surface area (Å²) in [6, 6.07) is 15.1. The van der Waals surface area contributed by atoms with Crippen LogP contribution in [0.2, 0.25) is 5.02 Å². The second kappa shape index (κ2) is 8.39. The van der Waals surface area contributed by atoms with Gasteiger partial charge in [-0.2, -0.15) is 4.80 Å². The van der Waals surface area contributed by atoms with E-state index in [4.69, 9.17) is 11.6 Å². The van der Waals surface area contributed by atoms with Gasteiger partial charge in [0, 0.05) is 35.1 Å². The zero-order chi connectivity index (χ0) is 19.3. The number of carbonyl (C=O) groups excluding carboxylic acids is 1. The molecule has 1 saturated heterocycles. The Morgan fingerprint density at radius 1 is 1.07 bits per heavy atom. The highest BCUT2D eigenvalue weighted by molar-refractivity contribution is 6.30. The molecule has 0 aliphatic carbocycles. The van der Waals surface area contributed by atoms with Gasteiger partial charge in [0.05, 0.1) is 0 Å². The molecule has 2 aromatic carbocycles. The highest BCUT2D eigenvalue weighted by atomic mass is 35.5. The number of tetrazole rings is 1. The first kappa shape index (κ1) is 18.4. The lowest BCUT2D eigenvalue weighted by molar-refractivity contribution is -0.117. The maximum Gasteiger partial charge on any atom is 0.248 e. The van der Waals surface area contributed by atoms with Crippen LogP contribution in [0.15, 0.2) is 48.5 Å². The first-order valence-electron chi connectivity index (χ1n) is 9.36. The Morgan fingerprint density at radius 2 is 1.86 bits per heavy atom. The quantitative estimate of drug-likeness (QED) is 0.712. The van der Waals surface area contributed by atoms with Crippen molar-refractivity contribution in [3.63, 3.8) is 0 Å². The summed E-state index contributed by atoms with van der Waals surface area (Å²) >= 11 is 5.99. The minimum atomic E-state index is -0.208. The third-order valence-corrected chi connectivity index (χ3v) is 4.93. The molecule has 28 heavy (non-hydrogen) atoms. The summed E-state index contributed by atoms with van der Waals surface area (Å²) in [5, 5.41) is 15.6. The number of amides is 1. The number of aromatic nitrogens is 4. The van der Waals surface area contributed by atoms with E-state index in [0.717, 1.165) is 24.3 Å². The van der Waals surface area contributed by atoms with Crippen LogP contribution in [0.5, 0.6) is 0 Å². The van der Waals surface area contributed by atoms with E-state index in [0.29, 0.717) is 10.8 Å². The normalized spacial score (nSPS) is 14.1. The van der Waals surface area contributed by atoms with Gasteiger partial charge in [0.1, 0.15) is 6.54 Å². The molecule has 7 nitrogen and oxygen atoms in total. The molecule has 1 fully saturated rings. The first-order valence-corrected chi connectivity index (χ1v) is 9.74. The van der Waals surface area contributed by atoms with E-state index in [1.54, 1.807) is 12.1 Å². The van der Waals surface area contributed by atoms with E-state index in [2.05, 4.69) is 25.6 Å². The van der Waals surface area contributed by atoms with Crippen LogP contribution >= 0.6 is 11.6 Å². The van der Waals surface area contributed by atoms with E-state index in [1.807, 2.05) is 36.4 Å². The van der Waals surface area contributed by atoms with Crippen molar-refractivity contribution in [1.29, 1.82) is 0 Å². The first-order chi connectivity index (χ1) is 13.7. The van der Waals surface area contributed by atoms with Gasteiger partial charge in [-0.15, -0.1) is 10.2 Å². The number of hydrogen-bond donors (Lipinski definition) is 1. The van der Waals surface area contributed by atoms with Crippen LogP contribution in [0.25, 0.3) is 11.4 Å². The third-order valence-electron chi connectivity index (χ3n) is 4.69. The second-order valence-corrected chi connectivity index (χ2v) is 7.23. The monoisotopic (exact) mass is 396 g/mol. The van der Waals surface area contributed by atoms with Crippen molar-refractivity contribution in [2.75, 3.05) is 23.3 Å².